The molecule has 0 spiro atoms. The summed E-state index contributed by atoms with van der Waals surface area (Å²) in [6.45, 7) is 0. The molecule has 0 fully saturated rings. The SMILES string of the molecule is Nc1ccc(/N=N/c2ccc(S(=O)(=O)Nc3ccc(/N=N/c4c(S(=O)(=O)O)cc5cc(S(=O)(=O)O)c(/N=N/c6ccc([N+](=O)[O-])cc6)c(O)c5c4N)cc3)cc2)c(N)c1. The van der Waals surface area contributed by atoms with Crippen molar-refractivity contribution in [2.24, 2.45) is 30.7 Å². The Hall–Kier alpha value is -7.45. The Morgan fingerprint density at radius 1 is 0.610 bits per heavy atom. The van der Waals surface area contributed by atoms with Crippen molar-refractivity contribution >= 4 is 104 Å². The van der Waals surface area contributed by atoms with Gasteiger partial charge in [0.1, 0.15) is 26.9 Å². The van der Waals surface area contributed by atoms with E-state index in [-0.39, 0.29) is 27.6 Å². The molecule has 0 aliphatic rings. The summed E-state index contributed by atoms with van der Waals surface area (Å²) in [6, 6.07) is 21.3. The minimum atomic E-state index is -5.19. The van der Waals surface area contributed by atoms with Crippen LogP contribution in [0.25, 0.3) is 10.8 Å². The monoisotopic (exact) mass is 861 g/mol. The van der Waals surface area contributed by atoms with Gasteiger partial charge in [-0.1, -0.05) is 0 Å². The fourth-order valence-corrected chi connectivity index (χ4v) is 7.63. The molecule has 0 unspecified atom stereocenters. The zero-order valence-electron chi connectivity index (χ0n) is 29.5. The number of anilines is 4. The lowest BCUT2D eigenvalue weighted by Crippen LogP contribution is -2.12. The molecule has 6 aromatic carbocycles. The molecule has 0 amide bonds. The Morgan fingerprint density at radius 3 is 1.63 bits per heavy atom. The zero-order valence-corrected chi connectivity index (χ0v) is 32.0. The van der Waals surface area contributed by atoms with Gasteiger partial charge >= 0.3 is 0 Å². The number of phenolic OH excluding ortho intramolecular Hbond substituents is 1. The summed E-state index contributed by atoms with van der Waals surface area (Å²) in [5.41, 5.74) is 16.8. The topological polar surface area (TPSA) is 370 Å². The largest absolute Gasteiger partial charge is 0.505 e. The minimum Gasteiger partial charge on any atom is -0.505 e. The molecule has 0 aliphatic heterocycles. The molecule has 59 heavy (non-hydrogen) atoms. The Labute approximate surface area is 333 Å². The second-order valence-electron chi connectivity index (χ2n) is 12.1. The van der Waals surface area contributed by atoms with Gasteiger partial charge in [0.25, 0.3) is 35.9 Å². The lowest BCUT2D eigenvalue weighted by molar-refractivity contribution is -0.384. The molecule has 0 atom stereocenters. The Bertz CT molecular complexity index is 3090. The number of aromatic hydroxyl groups is 1. The van der Waals surface area contributed by atoms with Crippen LogP contribution < -0.4 is 21.9 Å². The number of hydrogen-bond acceptors (Lipinski definition) is 18. The third-order valence-electron chi connectivity index (χ3n) is 8.05. The van der Waals surface area contributed by atoms with Crippen LogP contribution in [0.4, 0.5) is 62.6 Å². The molecule has 22 nitrogen and oxygen atoms in total. The number of nitro benzene ring substituents is 1. The first-order chi connectivity index (χ1) is 27.7. The van der Waals surface area contributed by atoms with Crippen LogP contribution in [0.3, 0.4) is 0 Å². The maximum absolute atomic E-state index is 13.1. The van der Waals surface area contributed by atoms with E-state index in [1.165, 1.54) is 54.6 Å². The van der Waals surface area contributed by atoms with Crippen LogP contribution in [0.5, 0.6) is 5.75 Å². The molecule has 6 aromatic rings. The fraction of sp³-hybridized carbons (Fsp3) is 0. The fourth-order valence-electron chi connectivity index (χ4n) is 5.24. The van der Waals surface area contributed by atoms with Crippen LogP contribution >= 0.6 is 0 Å². The number of nitrogens with zero attached hydrogens (tertiary/aromatic N) is 7. The van der Waals surface area contributed by atoms with E-state index in [1.807, 2.05) is 0 Å². The van der Waals surface area contributed by atoms with Crippen molar-refractivity contribution in [3.63, 3.8) is 0 Å². The van der Waals surface area contributed by atoms with Gasteiger partial charge in [-0.15, -0.1) is 15.3 Å². The van der Waals surface area contributed by atoms with Crippen LogP contribution in [-0.4, -0.2) is 44.4 Å². The van der Waals surface area contributed by atoms with E-state index in [0.717, 1.165) is 24.3 Å². The molecular weight excluding hydrogens is 835 g/mol. The van der Waals surface area contributed by atoms with Crippen LogP contribution in [0.1, 0.15) is 0 Å². The van der Waals surface area contributed by atoms with Crippen molar-refractivity contribution in [1.82, 2.24) is 0 Å². The van der Waals surface area contributed by atoms with Crippen molar-refractivity contribution in [3.8, 4) is 5.75 Å². The number of fused-ring (bicyclic) bond motifs is 1. The summed E-state index contributed by atoms with van der Waals surface area (Å²) in [4.78, 5) is 8.16. The highest BCUT2D eigenvalue weighted by Gasteiger charge is 2.28. The van der Waals surface area contributed by atoms with Gasteiger partial charge in [0.15, 0.2) is 5.75 Å². The van der Waals surface area contributed by atoms with Gasteiger partial charge in [0.2, 0.25) is 0 Å². The number of non-ortho nitro benzene ring substituents is 1. The quantitative estimate of drug-likeness (QED) is 0.0203. The van der Waals surface area contributed by atoms with E-state index < -0.39 is 78.6 Å². The zero-order chi connectivity index (χ0) is 42.9. The maximum atomic E-state index is 13.1. The van der Waals surface area contributed by atoms with Gasteiger partial charge in [0, 0.05) is 23.5 Å². The summed E-state index contributed by atoms with van der Waals surface area (Å²) < 4.78 is 98.1. The molecule has 25 heteroatoms. The van der Waals surface area contributed by atoms with Gasteiger partial charge in [-0.3, -0.25) is 23.9 Å². The highest BCUT2D eigenvalue weighted by Crippen LogP contribution is 2.48. The molecule has 0 aromatic heterocycles. The van der Waals surface area contributed by atoms with Crippen LogP contribution in [-0.2, 0) is 30.3 Å². The van der Waals surface area contributed by atoms with Crippen LogP contribution in [0.2, 0.25) is 0 Å². The minimum absolute atomic E-state index is 0.0220. The molecule has 0 aliphatic carbocycles. The first kappa shape index (κ1) is 41.2. The van der Waals surface area contributed by atoms with E-state index in [9.17, 15) is 49.6 Å². The molecule has 302 valence electrons. The van der Waals surface area contributed by atoms with Crippen LogP contribution in [0.15, 0.2) is 149 Å². The van der Waals surface area contributed by atoms with Gasteiger partial charge < -0.3 is 22.3 Å². The highest BCUT2D eigenvalue weighted by molar-refractivity contribution is 7.92. The first-order valence-electron chi connectivity index (χ1n) is 16.2. The number of nitrogens with one attached hydrogen (secondary N) is 1. The van der Waals surface area contributed by atoms with E-state index in [0.29, 0.717) is 34.9 Å². The van der Waals surface area contributed by atoms with Gasteiger partial charge in [-0.2, -0.15) is 32.2 Å². The summed E-state index contributed by atoms with van der Waals surface area (Å²) in [6.07, 6.45) is 0. The van der Waals surface area contributed by atoms with Crippen molar-refractivity contribution in [1.29, 1.82) is 0 Å². The summed E-state index contributed by atoms with van der Waals surface area (Å²) in [5.74, 6) is -1.02. The number of phenols is 1. The molecule has 0 heterocycles. The molecule has 10 N–H and O–H groups in total. The lowest BCUT2D eigenvalue weighted by atomic mass is 10.1. The lowest BCUT2D eigenvalue weighted by Gasteiger charge is -2.14. The normalized spacial score (nSPS) is 12.5. The second kappa shape index (κ2) is 15.8. The van der Waals surface area contributed by atoms with Crippen molar-refractivity contribution in [2.75, 3.05) is 21.9 Å². The maximum Gasteiger partial charge on any atom is 0.296 e. The summed E-state index contributed by atoms with van der Waals surface area (Å²) >= 11 is 0. The third-order valence-corrected chi connectivity index (χ3v) is 11.2. The molecule has 0 bridgehead atoms. The molecule has 6 rings (SSSR count). The van der Waals surface area contributed by atoms with E-state index in [2.05, 4.69) is 35.4 Å². The number of nitrogens with two attached hydrogens (primary N) is 3. The van der Waals surface area contributed by atoms with Gasteiger partial charge in [0.05, 0.1) is 43.6 Å². The summed E-state index contributed by atoms with van der Waals surface area (Å²) in [5, 5.41) is 44.7. The number of nitrogen functional groups attached to an aromatic ring is 3. The molecule has 0 radical (unpaired) electrons. The predicted molar refractivity (Wildman–Crippen MR) is 214 cm³/mol. The van der Waals surface area contributed by atoms with Gasteiger partial charge in [-0.25, -0.2) is 8.42 Å². The van der Waals surface area contributed by atoms with E-state index in [4.69, 9.17) is 17.2 Å². The number of hydrogen-bond donors (Lipinski definition) is 7. The molecule has 0 saturated carbocycles. The highest BCUT2D eigenvalue weighted by atomic mass is 32.2. The predicted octanol–water partition coefficient (Wildman–Crippen LogP) is 7.74. The van der Waals surface area contributed by atoms with Crippen molar-refractivity contribution in [3.05, 3.63) is 113 Å². The number of azo groups is 3. The summed E-state index contributed by atoms with van der Waals surface area (Å²) in [7, 11) is -14.5. The Balaban J connectivity index is 1.28. The third kappa shape index (κ3) is 9.24. The average Bonchev–Trinajstić information content (AvgIpc) is 3.16. The second-order valence-corrected chi connectivity index (χ2v) is 16.6. The Kier molecular flexibility index (Phi) is 11.1. The number of rotatable bonds is 12. The molecular formula is C34H27N11O11S3. The Morgan fingerprint density at radius 2 is 1.10 bits per heavy atom. The van der Waals surface area contributed by atoms with Crippen LogP contribution in [0, 0.1) is 10.1 Å². The number of sulfonamides is 1. The standard InChI is InChI=1S/C34H27N11O11S3/c35-19-1-14-27(26(36)17-19)41-38-22-8-12-25(13-9-22)57(49,50)44-23-4-2-20(3-5-23)39-42-32-28(58(51,52)53)15-18-16-29(59(54,55)56)33(34(46)30(18)31(32)37)43-40-21-6-10-24(11-7-21)45(47)48/h1-17,44,46H,35-37H2,(H,51,52,53)(H,54,55,56)/b41-38+,42-39+,43-40+. The number of benzene rings is 6. The van der Waals surface area contributed by atoms with Crippen molar-refractivity contribution < 1.29 is 44.4 Å². The first-order valence-corrected chi connectivity index (χ1v) is 20.5. The van der Waals surface area contributed by atoms with E-state index >= 15 is 0 Å². The van der Waals surface area contributed by atoms with E-state index in [1.54, 1.807) is 12.1 Å². The average molecular weight is 862 g/mol. The molecule has 0 saturated heterocycles. The number of nitro groups is 1. The van der Waals surface area contributed by atoms with Crippen molar-refractivity contribution in [2.45, 2.75) is 14.7 Å². The van der Waals surface area contributed by atoms with Gasteiger partial charge in [-0.05, 0) is 96.4 Å². The smallest absolute Gasteiger partial charge is 0.296 e.